The average Bonchev–Trinajstić information content (AvgIpc) is 2.44. The molecule has 1 aliphatic rings. The largest absolute Gasteiger partial charge is 0.354 e. The molecule has 122 valence electrons. The highest BCUT2D eigenvalue weighted by Crippen LogP contribution is 2.25. The molecule has 0 radical (unpaired) electrons. The van der Waals surface area contributed by atoms with E-state index in [2.05, 4.69) is 10.6 Å². The lowest BCUT2D eigenvalue weighted by Gasteiger charge is -2.23. The van der Waals surface area contributed by atoms with Crippen LogP contribution in [0.2, 0.25) is 0 Å². The Hall–Kier alpha value is -1.10. The number of carbonyl (C=O) groups is 2. The van der Waals surface area contributed by atoms with Gasteiger partial charge >= 0.3 is 0 Å². The smallest absolute Gasteiger partial charge is 0.239 e. The number of hydrogen-bond donors (Lipinski definition) is 3. The quantitative estimate of drug-likeness (QED) is 0.596. The molecule has 4 N–H and O–H groups in total. The molecule has 0 heterocycles. The summed E-state index contributed by atoms with van der Waals surface area (Å²) in [7, 11) is 0. The predicted octanol–water partition coefficient (Wildman–Crippen LogP) is 1.71. The number of hydrogen-bond acceptors (Lipinski definition) is 3. The summed E-state index contributed by atoms with van der Waals surface area (Å²) < 4.78 is 0. The van der Waals surface area contributed by atoms with Crippen LogP contribution in [0, 0.1) is 5.92 Å². The van der Waals surface area contributed by atoms with E-state index in [4.69, 9.17) is 5.73 Å². The van der Waals surface area contributed by atoms with Crippen LogP contribution in [0.15, 0.2) is 0 Å². The standard InChI is InChI=1S/C16H31N3O2/c1-3-9-16(2,17)15(21)19-11-10-18-14(20)12-13-7-5-4-6-8-13/h13H,3-12,17H2,1-2H3,(H,18,20)(H,19,21). The van der Waals surface area contributed by atoms with Crippen LogP contribution in [0.25, 0.3) is 0 Å². The normalized spacial score (nSPS) is 18.8. The van der Waals surface area contributed by atoms with E-state index in [-0.39, 0.29) is 11.8 Å². The van der Waals surface area contributed by atoms with Gasteiger partial charge in [0.05, 0.1) is 5.54 Å². The number of nitrogens with two attached hydrogens (primary N) is 1. The minimum absolute atomic E-state index is 0.0974. The number of carbonyl (C=O) groups excluding carboxylic acids is 2. The van der Waals surface area contributed by atoms with Crippen LogP contribution in [-0.2, 0) is 9.59 Å². The lowest BCUT2D eigenvalue weighted by molar-refractivity contribution is -0.126. The number of nitrogens with one attached hydrogen (secondary N) is 2. The summed E-state index contributed by atoms with van der Waals surface area (Å²) in [5, 5.41) is 5.66. The molecule has 5 nitrogen and oxygen atoms in total. The molecule has 0 aromatic rings. The monoisotopic (exact) mass is 297 g/mol. The molecule has 2 amide bonds. The summed E-state index contributed by atoms with van der Waals surface area (Å²) in [6.45, 7) is 4.66. The van der Waals surface area contributed by atoms with E-state index in [0.29, 0.717) is 31.8 Å². The first-order chi connectivity index (χ1) is 9.95. The molecule has 0 saturated heterocycles. The third-order valence-corrected chi connectivity index (χ3v) is 4.22. The van der Waals surface area contributed by atoms with Crippen molar-refractivity contribution in [3.63, 3.8) is 0 Å². The van der Waals surface area contributed by atoms with Crippen LogP contribution in [0.4, 0.5) is 0 Å². The predicted molar refractivity (Wildman–Crippen MR) is 84.7 cm³/mol. The van der Waals surface area contributed by atoms with Crippen molar-refractivity contribution in [3.05, 3.63) is 0 Å². The molecule has 0 aliphatic heterocycles. The summed E-state index contributed by atoms with van der Waals surface area (Å²) in [6, 6.07) is 0. The van der Waals surface area contributed by atoms with E-state index < -0.39 is 5.54 Å². The van der Waals surface area contributed by atoms with E-state index in [9.17, 15) is 9.59 Å². The molecule has 1 unspecified atom stereocenters. The maximum Gasteiger partial charge on any atom is 0.239 e. The van der Waals surface area contributed by atoms with Gasteiger partial charge in [-0.3, -0.25) is 9.59 Å². The Bertz CT molecular complexity index is 336. The molecule has 1 atom stereocenters. The van der Waals surface area contributed by atoms with Crippen LogP contribution in [0.5, 0.6) is 0 Å². The minimum atomic E-state index is -0.819. The number of rotatable bonds is 8. The molecular weight excluding hydrogens is 266 g/mol. The van der Waals surface area contributed by atoms with Crippen molar-refractivity contribution in [1.29, 1.82) is 0 Å². The fourth-order valence-corrected chi connectivity index (χ4v) is 2.94. The molecule has 0 aromatic carbocycles. The van der Waals surface area contributed by atoms with E-state index in [1.54, 1.807) is 6.92 Å². The molecular formula is C16H31N3O2. The van der Waals surface area contributed by atoms with E-state index in [1.165, 1.54) is 32.1 Å². The van der Waals surface area contributed by atoms with Crippen molar-refractivity contribution in [1.82, 2.24) is 10.6 Å². The van der Waals surface area contributed by atoms with E-state index in [1.807, 2.05) is 6.92 Å². The van der Waals surface area contributed by atoms with Gasteiger partial charge in [0.1, 0.15) is 0 Å². The van der Waals surface area contributed by atoms with Gasteiger partial charge in [0.15, 0.2) is 0 Å². The molecule has 21 heavy (non-hydrogen) atoms. The van der Waals surface area contributed by atoms with Crippen LogP contribution >= 0.6 is 0 Å². The van der Waals surface area contributed by atoms with Gasteiger partial charge in [-0.25, -0.2) is 0 Å². The molecule has 5 heteroatoms. The molecule has 1 aliphatic carbocycles. The van der Waals surface area contributed by atoms with Crippen molar-refractivity contribution < 1.29 is 9.59 Å². The van der Waals surface area contributed by atoms with Gasteiger partial charge in [0.2, 0.25) is 11.8 Å². The Labute approximate surface area is 128 Å². The van der Waals surface area contributed by atoms with Crippen LogP contribution in [0.1, 0.15) is 65.2 Å². The Morgan fingerprint density at radius 3 is 2.38 bits per heavy atom. The minimum Gasteiger partial charge on any atom is -0.354 e. The summed E-state index contributed by atoms with van der Waals surface area (Å²) in [4.78, 5) is 23.7. The lowest BCUT2D eigenvalue weighted by atomic mass is 9.87. The average molecular weight is 297 g/mol. The maximum atomic E-state index is 11.9. The first kappa shape index (κ1) is 18.0. The SMILES string of the molecule is CCCC(C)(N)C(=O)NCCNC(=O)CC1CCCCC1. The fourth-order valence-electron chi connectivity index (χ4n) is 2.94. The van der Waals surface area contributed by atoms with E-state index >= 15 is 0 Å². The topological polar surface area (TPSA) is 84.2 Å². The zero-order valence-corrected chi connectivity index (χ0v) is 13.5. The Morgan fingerprint density at radius 1 is 1.14 bits per heavy atom. The second kappa shape index (κ2) is 9.03. The first-order valence-corrected chi connectivity index (χ1v) is 8.29. The zero-order chi connectivity index (χ0) is 15.7. The van der Waals surface area contributed by atoms with Crippen LogP contribution < -0.4 is 16.4 Å². The van der Waals surface area contributed by atoms with Crippen molar-refractivity contribution in [2.75, 3.05) is 13.1 Å². The van der Waals surface area contributed by atoms with Gasteiger partial charge < -0.3 is 16.4 Å². The van der Waals surface area contributed by atoms with Gasteiger partial charge in [-0.1, -0.05) is 32.6 Å². The fraction of sp³-hybridized carbons (Fsp3) is 0.875. The molecule has 1 fully saturated rings. The molecule has 0 spiro atoms. The third kappa shape index (κ3) is 6.93. The van der Waals surface area contributed by atoms with E-state index in [0.717, 1.165) is 6.42 Å². The second-order valence-electron chi connectivity index (χ2n) is 6.48. The van der Waals surface area contributed by atoms with Gasteiger partial charge in [-0.15, -0.1) is 0 Å². The van der Waals surface area contributed by atoms with Gasteiger partial charge in [-0.2, -0.15) is 0 Å². The Morgan fingerprint density at radius 2 is 1.76 bits per heavy atom. The van der Waals surface area contributed by atoms with Gasteiger partial charge in [0.25, 0.3) is 0 Å². The summed E-state index contributed by atoms with van der Waals surface area (Å²) >= 11 is 0. The summed E-state index contributed by atoms with van der Waals surface area (Å²) in [5.41, 5.74) is 5.12. The van der Waals surface area contributed by atoms with Gasteiger partial charge in [-0.05, 0) is 32.1 Å². The maximum absolute atomic E-state index is 11.9. The Kier molecular flexibility index (Phi) is 7.72. The Balaban J connectivity index is 2.12. The molecule has 1 saturated carbocycles. The van der Waals surface area contributed by atoms with Crippen molar-refractivity contribution in [2.45, 2.75) is 70.8 Å². The molecule has 1 rings (SSSR count). The summed E-state index contributed by atoms with van der Waals surface area (Å²) in [5.74, 6) is 0.497. The first-order valence-electron chi connectivity index (χ1n) is 8.29. The zero-order valence-electron chi connectivity index (χ0n) is 13.5. The highest BCUT2D eigenvalue weighted by atomic mass is 16.2. The van der Waals surface area contributed by atoms with Crippen molar-refractivity contribution >= 4 is 11.8 Å². The third-order valence-electron chi connectivity index (χ3n) is 4.22. The van der Waals surface area contributed by atoms with Crippen LogP contribution in [-0.4, -0.2) is 30.4 Å². The highest BCUT2D eigenvalue weighted by Gasteiger charge is 2.26. The molecule has 0 bridgehead atoms. The van der Waals surface area contributed by atoms with Crippen molar-refractivity contribution in [3.8, 4) is 0 Å². The highest BCUT2D eigenvalue weighted by molar-refractivity contribution is 5.85. The molecule has 0 aromatic heterocycles. The summed E-state index contributed by atoms with van der Waals surface area (Å²) in [6.07, 6.45) is 8.31. The number of amides is 2. The van der Waals surface area contributed by atoms with Crippen molar-refractivity contribution in [2.24, 2.45) is 11.7 Å². The van der Waals surface area contributed by atoms with Crippen LogP contribution in [0.3, 0.4) is 0 Å². The van der Waals surface area contributed by atoms with Gasteiger partial charge in [0, 0.05) is 19.5 Å². The lowest BCUT2D eigenvalue weighted by Crippen LogP contribution is -2.52. The second-order valence-corrected chi connectivity index (χ2v) is 6.48.